The zero-order valence-corrected chi connectivity index (χ0v) is 12.3. The molecule has 1 aliphatic heterocycles. The minimum Gasteiger partial charge on any atom is -0.352 e. The van der Waals surface area contributed by atoms with Gasteiger partial charge in [0.2, 0.25) is 11.8 Å². The lowest BCUT2D eigenvalue weighted by Crippen LogP contribution is -2.47. The van der Waals surface area contributed by atoms with Crippen LogP contribution < -0.4 is 16.0 Å². The summed E-state index contributed by atoms with van der Waals surface area (Å²) in [6, 6.07) is 0.0896. The van der Waals surface area contributed by atoms with E-state index < -0.39 is 6.04 Å². The van der Waals surface area contributed by atoms with Crippen molar-refractivity contribution in [2.24, 2.45) is 0 Å². The maximum absolute atomic E-state index is 11.8. The molecule has 1 saturated heterocycles. The van der Waals surface area contributed by atoms with E-state index in [9.17, 15) is 9.59 Å². The van der Waals surface area contributed by atoms with E-state index in [1.165, 1.54) is 12.8 Å². The van der Waals surface area contributed by atoms with Crippen molar-refractivity contribution in [3.05, 3.63) is 0 Å². The Hall–Kier alpha value is -1.10. The third-order valence-corrected chi connectivity index (χ3v) is 3.33. The fourth-order valence-corrected chi connectivity index (χ4v) is 2.26. The summed E-state index contributed by atoms with van der Waals surface area (Å²) >= 11 is 0. The Labute approximate surface area is 115 Å². The molecule has 1 fully saturated rings. The quantitative estimate of drug-likeness (QED) is 0.672. The van der Waals surface area contributed by atoms with Crippen molar-refractivity contribution in [3.8, 4) is 0 Å². The number of carbonyl (C=O) groups is 2. The van der Waals surface area contributed by atoms with Gasteiger partial charge < -0.3 is 16.0 Å². The zero-order chi connectivity index (χ0) is 14.3. The third-order valence-electron chi connectivity index (χ3n) is 3.33. The Morgan fingerprint density at radius 1 is 1.21 bits per heavy atom. The largest absolute Gasteiger partial charge is 0.352 e. The summed E-state index contributed by atoms with van der Waals surface area (Å²) in [6.45, 7) is 6.58. The molecule has 1 rings (SSSR count). The Bertz CT molecular complexity index is 299. The summed E-state index contributed by atoms with van der Waals surface area (Å²) in [5.41, 5.74) is 0. The highest BCUT2D eigenvalue weighted by atomic mass is 16.2. The number of hydrogen-bond donors (Lipinski definition) is 3. The van der Waals surface area contributed by atoms with Crippen molar-refractivity contribution < 1.29 is 9.59 Å². The number of amides is 2. The predicted octanol–water partition coefficient (Wildman–Crippen LogP) is 0.938. The first-order valence-corrected chi connectivity index (χ1v) is 7.32. The van der Waals surface area contributed by atoms with E-state index >= 15 is 0 Å². The predicted molar refractivity (Wildman–Crippen MR) is 75.8 cm³/mol. The van der Waals surface area contributed by atoms with Crippen LogP contribution in [0.1, 0.15) is 52.9 Å². The maximum atomic E-state index is 11.8. The van der Waals surface area contributed by atoms with Gasteiger partial charge in [0.15, 0.2) is 0 Å². The summed E-state index contributed by atoms with van der Waals surface area (Å²) in [7, 11) is 0. The van der Waals surface area contributed by atoms with Gasteiger partial charge in [-0.1, -0.05) is 6.42 Å². The van der Waals surface area contributed by atoms with Crippen LogP contribution in [-0.4, -0.2) is 36.5 Å². The van der Waals surface area contributed by atoms with Crippen molar-refractivity contribution in [1.82, 2.24) is 16.0 Å². The molecular formula is C14H27N3O2. The van der Waals surface area contributed by atoms with Crippen LogP contribution >= 0.6 is 0 Å². The second-order valence-corrected chi connectivity index (χ2v) is 5.64. The molecule has 5 nitrogen and oxygen atoms in total. The number of rotatable bonds is 6. The number of nitrogens with one attached hydrogen (secondary N) is 3. The van der Waals surface area contributed by atoms with Gasteiger partial charge in [0, 0.05) is 18.5 Å². The summed E-state index contributed by atoms with van der Waals surface area (Å²) < 4.78 is 0. The average molecular weight is 269 g/mol. The second-order valence-electron chi connectivity index (χ2n) is 5.64. The van der Waals surface area contributed by atoms with Crippen LogP contribution in [0.15, 0.2) is 0 Å². The molecule has 0 spiro atoms. The molecule has 0 aromatic carbocycles. The average Bonchev–Trinajstić information content (AvgIpc) is 2.36. The highest BCUT2D eigenvalue weighted by Crippen LogP contribution is 2.11. The summed E-state index contributed by atoms with van der Waals surface area (Å²) in [5, 5.41) is 8.95. The van der Waals surface area contributed by atoms with E-state index in [1.54, 1.807) is 6.92 Å². The first kappa shape index (κ1) is 16.0. The molecule has 5 heteroatoms. The second kappa shape index (κ2) is 8.15. The van der Waals surface area contributed by atoms with Gasteiger partial charge >= 0.3 is 0 Å². The van der Waals surface area contributed by atoms with Crippen molar-refractivity contribution in [1.29, 1.82) is 0 Å². The molecule has 3 N–H and O–H groups in total. The zero-order valence-electron chi connectivity index (χ0n) is 12.3. The monoisotopic (exact) mass is 269 g/mol. The number of piperidine rings is 1. The lowest BCUT2D eigenvalue weighted by Gasteiger charge is -2.23. The lowest BCUT2D eigenvalue weighted by atomic mass is 10.0. The number of carbonyl (C=O) groups excluding carboxylic acids is 2. The van der Waals surface area contributed by atoms with Crippen molar-refractivity contribution in [2.45, 2.75) is 71.0 Å². The molecule has 0 aromatic heterocycles. The van der Waals surface area contributed by atoms with E-state index in [4.69, 9.17) is 0 Å². The first-order chi connectivity index (χ1) is 8.99. The Morgan fingerprint density at radius 2 is 1.95 bits per heavy atom. The Balaban J connectivity index is 2.20. The minimum atomic E-state index is -0.464. The van der Waals surface area contributed by atoms with Crippen LogP contribution in [0.5, 0.6) is 0 Å². The van der Waals surface area contributed by atoms with Gasteiger partial charge in [0.25, 0.3) is 0 Å². The van der Waals surface area contributed by atoms with Crippen LogP contribution in [0.2, 0.25) is 0 Å². The molecule has 19 heavy (non-hydrogen) atoms. The van der Waals surface area contributed by atoms with E-state index in [0.29, 0.717) is 12.5 Å². The van der Waals surface area contributed by atoms with Crippen LogP contribution in [0.25, 0.3) is 0 Å². The first-order valence-electron chi connectivity index (χ1n) is 7.32. The SMILES string of the molecule is CC(C)NC(=O)C(C)NC(=O)CCC1CCCCN1. The van der Waals surface area contributed by atoms with E-state index in [1.807, 2.05) is 13.8 Å². The molecule has 2 atom stereocenters. The minimum absolute atomic E-state index is 0.0428. The summed E-state index contributed by atoms with van der Waals surface area (Å²) in [6.07, 6.45) is 4.96. The molecule has 2 unspecified atom stereocenters. The smallest absolute Gasteiger partial charge is 0.242 e. The normalized spacial score (nSPS) is 20.9. The van der Waals surface area contributed by atoms with Crippen molar-refractivity contribution in [3.63, 3.8) is 0 Å². The molecule has 110 valence electrons. The van der Waals surface area contributed by atoms with Gasteiger partial charge in [-0.05, 0) is 46.6 Å². The number of hydrogen-bond acceptors (Lipinski definition) is 3. The third kappa shape index (κ3) is 6.57. The van der Waals surface area contributed by atoms with E-state index in [-0.39, 0.29) is 17.9 Å². The van der Waals surface area contributed by atoms with Gasteiger partial charge in [-0.15, -0.1) is 0 Å². The lowest BCUT2D eigenvalue weighted by molar-refractivity contribution is -0.129. The molecule has 0 aliphatic carbocycles. The van der Waals surface area contributed by atoms with Crippen LogP contribution in [0.4, 0.5) is 0 Å². The molecule has 0 saturated carbocycles. The molecule has 1 aliphatic rings. The summed E-state index contributed by atoms with van der Waals surface area (Å²) in [5.74, 6) is -0.169. The van der Waals surface area contributed by atoms with Gasteiger partial charge in [0.05, 0.1) is 0 Å². The van der Waals surface area contributed by atoms with Gasteiger partial charge in [-0.2, -0.15) is 0 Å². The van der Waals surface area contributed by atoms with Gasteiger partial charge in [0.1, 0.15) is 6.04 Å². The Morgan fingerprint density at radius 3 is 2.53 bits per heavy atom. The Kier molecular flexibility index (Phi) is 6.84. The molecule has 0 aromatic rings. The standard InChI is InChI=1S/C14H27N3O2/c1-10(2)16-14(19)11(3)17-13(18)8-7-12-6-4-5-9-15-12/h10-12,15H,4-9H2,1-3H3,(H,16,19)(H,17,18). The highest BCUT2D eigenvalue weighted by molar-refractivity contribution is 5.87. The topological polar surface area (TPSA) is 70.2 Å². The molecule has 0 bridgehead atoms. The van der Waals surface area contributed by atoms with E-state index in [0.717, 1.165) is 19.4 Å². The molecule has 0 radical (unpaired) electrons. The van der Waals surface area contributed by atoms with Crippen molar-refractivity contribution >= 4 is 11.8 Å². The van der Waals surface area contributed by atoms with Crippen LogP contribution in [-0.2, 0) is 9.59 Å². The van der Waals surface area contributed by atoms with Crippen LogP contribution in [0.3, 0.4) is 0 Å². The highest BCUT2D eigenvalue weighted by Gasteiger charge is 2.18. The van der Waals surface area contributed by atoms with E-state index in [2.05, 4.69) is 16.0 Å². The fraction of sp³-hybridized carbons (Fsp3) is 0.857. The maximum Gasteiger partial charge on any atom is 0.242 e. The molecule has 2 amide bonds. The van der Waals surface area contributed by atoms with Crippen LogP contribution in [0, 0.1) is 0 Å². The van der Waals surface area contributed by atoms with Gasteiger partial charge in [-0.25, -0.2) is 0 Å². The fourth-order valence-electron chi connectivity index (χ4n) is 2.26. The summed E-state index contributed by atoms with van der Waals surface area (Å²) in [4.78, 5) is 23.4. The molecule has 1 heterocycles. The molecular weight excluding hydrogens is 242 g/mol. The van der Waals surface area contributed by atoms with Crippen molar-refractivity contribution in [2.75, 3.05) is 6.54 Å². The van der Waals surface area contributed by atoms with Gasteiger partial charge in [-0.3, -0.25) is 9.59 Å².